The van der Waals surface area contributed by atoms with Crippen molar-refractivity contribution in [2.75, 3.05) is 0 Å². The zero-order valence-corrected chi connectivity index (χ0v) is 6.07. The van der Waals surface area contributed by atoms with Gasteiger partial charge in [-0.1, -0.05) is 17.3 Å². The van der Waals surface area contributed by atoms with Gasteiger partial charge in [0.2, 0.25) is 0 Å². The van der Waals surface area contributed by atoms with Gasteiger partial charge in [-0.2, -0.15) is 0 Å². The van der Waals surface area contributed by atoms with Crippen molar-refractivity contribution in [3.8, 4) is 0 Å². The lowest BCUT2D eigenvalue weighted by Gasteiger charge is -1.93. The molecular weight excluding hydrogens is 138 g/mol. The summed E-state index contributed by atoms with van der Waals surface area (Å²) >= 11 is 0. The van der Waals surface area contributed by atoms with E-state index in [0.717, 1.165) is 11.0 Å². The molecule has 0 bridgehead atoms. The Morgan fingerprint density at radius 2 is 2.18 bits per heavy atom. The fourth-order valence-corrected chi connectivity index (χ4v) is 1.08. The van der Waals surface area contributed by atoms with E-state index >= 15 is 0 Å². The Labute approximate surface area is 64.6 Å². The molecular formula is C8H8N3. The standard InChI is InChI=1S/C8H8N3/c1-2-11-8-6-4-3-5-7(8)9-10-11/h3-6H,1-2H2. The van der Waals surface area contributed by atoms with Crippen LogP contribution in [0.1, 0.15) is 0 Å². The Morgan fingerprint density at radius 1 is 1.36 bits per heavy atom. The highest BCUT2D eigenvalue weighted by atomic mass is 15.4. The zero-order chi connectivity index (χ0) is 7.68. The van der Waals surface area contributed by atoms with Crippen molar-refractivity contribution in [3.63, 3.8) is 0 Å². The lowest BCUT2D eigenvalue weighted by Crippen LogP contribution is -1.95. The molecule has 1 radical (unpaired) electrons. The van der Waals surface area contributed by atoms with Gasteiger partial charge in [0.15, 0.2) is 0 Å². The monoisotopic (exact) mass is 146 g/mol. The van der Waals surface area contributed by atoms with Crippen LogP contribution in [0.5, 0.6) is 0 Å². The minimum absolute atomic E-state index is 0.626. The van der Waals surface area contributed by atoms with Gasteiger partial charge in [-0.3, -0.25) is 0 Å². The number of nitrogens with zero attached hydrogens (tertiary/aromatic N) is 3. The van der Waals surface area contributed by atoms with E-state index in [9.17, 15) is 0 Å². The summed E-state index contributed by atoms with van der Waals surface area (Å²) in [6, 6.07) is 7.84. The summed E-state index contributed by atoms with van der Waals surface area (Å²) in [5, 5.41) is 7.88. The van der Waals surface area contributed by atoms with Crippen LogP contribution >= 0.6 is 0 Å². The fourth-order valence-electron chi connectivity index (χ4n) is 1.08. The lowest BCUT2D eigenvalue weighted by atomic mass is 10.3. The van der Waals surface area contributed by atoms with Crippen LogP contribution in [0.3, 0.4) is 0 Å². The maximum atomic E-state index is 3.96. The fraction of sp³-hybridized carbons (Fsp3) is 0.125. The van der Waals surface area contributed by atoms with Crippen LogP contribution in [0, 0.1) is 6.92 Å². The molecule has 1 aromatic heterocycles. The van der Waals surface area contributed by atoms with Crippen molar-refractivity contribution in [3.05, 3.63) is 31.2 Å². The van der Waals surface area contributed by atoms with Crippen LogP contribution in [-0.4, -0.2) is 15.0 Å². The molecule has 0 aliphatic heterocycles. The third kappa shape index (κ3) is 0.888. The Hall–Kier alpha value is -1.38. The SMILES string of the molecule is [CH2]Cn1nnc2ccccc21. The van der Waals surface area contributed by atoms with E-state index in [2.05, 4.69) is 17.2 Å². The minimum Gasteiger partial charge on any atom is -0.245 e. The molecule has 0 N–H and O–H groups in total. The number of fused-ring (bicyclic) bond motifs is 1. The van der Waals surface area contributed by atoms with Crippen molar-refractivity contribution in [2.45, 2.75) is 6.54 Å². The number of rotatable bonds is 1. The summed E-state index contributed by atoms with van der Waals surface area (Å²) in [5.74, 6) is 0. The van der Waals surface area contributed by atoms with Gasteiger partial charge in [-0.25, -0.2) is 4.68 Å². The van der Waals surface area contributed by atoms with Crippen LogP contribution in [0.25, 0.3) is 11.0 Å². The summed E-state index contributed by atoms with van der Waals surface area (Å²) in [4.78, 5) is 0. The smallest absolute Gasteiger partial charge is 0.113 e. The highest BCUT2D eigenvalue weighted by Gasteiger charge is 1.98. The maximum Gasteiger partial charge on any atom is 0.113 e. The number of benzene rings is 1. The largest absolute Gasteiger partial charge is 0.245 e. The molecule has 1 aromatic carbocycles. The van der Waals surface area contributed by atoms with Crippen LogP contribution in [-0.2, 0) is 6.54 Å². The molecule has 0 spiro atoms. The van der Waals surface area contributed by atoms with E-state index in [4.69, 9.17) is 0 Å². The average molecular weight is 146 g/mol. The molecule has 0 atom stereocenters. The Bertz CT molecular complexity index is 364. The van der Waals surface area contributed by atoms with Crippen molar-refractivity contribution in [1.29, 1.82) is 0 Å². The lowest BCUT2D eigenvalue weighted by molar-refractivity contribution is 0.680. The molecule has 0 aliphatic rings. The first-order chi connectivity index (χ1) is 5.42. The van der Waals surface area contributed by atoms with Crippen molar-refractivity contribution < 1.29 is 0 Å². The van der Waals surface area contributed by atoms with Gasteiger partial charge in [0.1, 0.15) is 5.52 Å². The topological polar surface area (TPSA) is 30.7 Å². The molecule has 2 rings (SSSR count). The second-order valence-electron chi connectivity index (χ2n) is 2.30. The van der Waals surface area contributed by atoms with Crippen LogP contribution in [0.4, 0.5) is 0 Å². The molecule has 0 aliphatic carbocycles. The van der Waals surface area contributed by atoms with Crippen LogP contribution in [0.2, 0.25) is 0 Å². The molecule has 0 amide bonds. The van der Waals surface area contributed by atoms with Gasteiger partial charge < -0.3 is 0 Å². The first-order valence-corrected chi connectivity index (χ1v) is 3.49. The molecule has 55 valence electrons. The predicted octanol–water partition coefficient (Wildman–Crippen LogP) is 1.27. The summed E-state index contributed by atoms with van der Waals surface area (Å²) in [6.45, 7) is 4.36. The summed E-state index contributed by atoms with van der Waals surface area (Å²) in [6.07, 6.45) is 0. The second-order valence-corrected chi connectivity index (χ2v) is 2.30. The Morgan fingerprint density at radius 3 is 3.00 bits per heavy atom. The molecule has 0 unspecified atom stereocenters. The van der Waals surface area contributed by atoms with E-state index < -0.39 is 0 Å². The third-order valence-electron chi connectivity index (χ3n) is 1.63. The van der Waals surface area contributed by atoms with E-state index in [1.165, 1.54) is 0 Å². The molecule has 11 heavy (non-hydrogen) atoms. The third-order valence-corrected chi connectivity index (χ3v) is 1.63. The zero-order valence-electron chi connectivity index (χ0n) is 6.07. The summed E-state index contributed by atoms with van der Waals surface area (Å²) in [7, 11) is 0. The molecule has 0 saturated heterocycles. The van der Waals surface area contributed by atoms with Gasteiger partial charge in [0.05, 0.1) is 5.52 Å². The minimum atomic E-state index is 0.626. The summed E-state index contributed by atoms with van der Waals surface area (Å²) < 4.78 is 1.77. The average Bonchev–Trinajstić information content (AvgIpc) is 2.47. The van der Waals surface area contributed by atoms with Crippen LogP contribution in [0.15, 0.2) is 24.3 Å². The van der Waals surface area contributed by atoms with E-state index in [1.54, 1.807) is 4.68 Å². The second kappa shape index (κ2) is 2.34. The number of hydrogen-bond donors (Lipinski definition) is 0. The maximum absolute atomic E-state index is 3.96. The van der Waals surface area contributed by atoms with Crippen LogP contribution < -0.4 is 0 Å². The quantitative estimate of drug-likeness (QED) is 0.606. The first-order valence-electron chi connectivity index (χ1n) is 3.49. The highest BCUT2D eigenvalue weighted by Crippen LogP contribution is 2.08. The van der Waals surface area contributed by atoms with Crippen molar-refractivity contribution >= 4 is 11.0 Å². The van der Waals surface area contributed by atoms with Gasteiger partial charge in [0, 0.05) is 6.54 Å². The first kappa shape index (κ1) is 6.34. The van der Waals surface area contributed by atoms with Crippen molar-refractivity contribution in [2.24, 2.45) is 0 Å². The molecule has 2 aromatic rings. The number of para-hydroxylation sites is 1. The van der Waals surface area contributed by atoms with Crippen molar-refractivity contribution in [1.82, 2.24) is 15.0 Å². The van der Waals surface area contributed by atoms with E-state index in [0.29, 0.717) is 6.54 Å². The van der Waals surface area contributed by atoms with Gasteiger partial charge in [-0.05, 0) is 19.1 Å². The molecule has 0 saturated carbocycles. The molecule has 1 heterocycles. The van der Waals surface area contributed by atoms with Gasteiger partial charge in [0.25, 0.3) is 0 Å². The Kier molecular flexibility index (Phi) is 1.35. The molecule has 3 heteroatoms. The van der Waals surface area contributed by atoms with E-state index in [1.807, 2.05) is 24.3 Å². The number of aromatic nitrogens is 3. The predicted molar refractivity (Wildman–Crippen MR) is 42.9 cm³/mol. The van der Waals surface area contributed by atoms with E-state index in [-0.39, 0.29) is 0 Å². The molecule has 0 fully saturated rings. The summed E-state index contributed by atoms with van der Waals surface area (Å²) in [5.41, 5.74) is 1.97. The van der Waals surface area contributed by atoms with Gasteiger partial charge >= 0.3 is 0 Å². The van der Waals surface area contributed by atoms with Gasteiger partial charge in [-0.15, -0.1) is 5.10 Å². The normalized spacial score (nSPS) is 10.6. The highest BCUT2D eigenvalue weighted by molar-refractivity contribution is 5.73. The molecule has 3 nitrogen and oxygen atoms in total. The Balaban J connectivity index is 2.76. The number of hydrogen-bond acceptors (Lipinski definition) is 2.